The molecule has 0 amide bonds. The summed E-state index contributed by atoms with van der Waals surface area (Å²) in [5.41, 5.74) is 0.00774. The van der Waals surface area contributed by atoms with Gasteiger partial charge in [0.2, 0.25) is 0 Å². The van der Waals surface area contributed by atoms with Crippen molar-refractivity contribution < 1.29 is 4.74 Å². The zero-order chi connectivity index (χ0) is 12.7. The molecule has 0 spiro atoms. The minimum Gasteiger partial charge on any atom is -0.368 e. The van der Waals surface area contributed by atoms with Crippen molar-refractivity contribution in [3.05, 3.63) is 0 Å². The summed E-state index contributed by atoms with van der Waals surface area (Å²) in [6, 6.07) is 0.505. The fourth-order valence-corrected chi connectivity index (χ4v) is 3.70. The lowest BCUT2D eigenvalue weighted by atomic mass is 9.92. The number of hydrogen-bond donors (Lipinski definition) is 1. The molecule has 3 unspecified atom stereocenters. The van der Waals surface area contributed by atoms with Crippen LogP contribution in [-0.2, 0) is 4.74 Å². The predicted molar refractivity (Wildman–Crippen MR) is 72.2 cm³/mol. The summed E-state index contributed by atoms with van der Waals surface area (Å²) in [5.74, 6) is 1.79. The Bertz CT molecular complexity index is 272. The lowest BCUT2D eigenvalue weighted by molar-refractivity contribution is -0.0700. The zero-order valence-corrected chi connectivity index (χ0v) is 12.2. The Balaban J connectivity index is 1.87. The van der Waals surface area contributed by atoms with Crippen LogP contribution in [0.2, 0.25) is 0 Å². The molecule has 17 heavy (non-hydrogen) atoms. The molecule has 1 aliphatic carbocycles. The first-order valence-corrected chi connectivity index (χ1v) is 7.24. The van der Waals surface area contributed by atoms with E-state index < -0.39 is 0 Å². The quantitative estimate of drug-likeness (QED) is 0.815. The highest BCUT2D eigenvalue weighted by Gasteiger charge is 2.45. The van der Waals surface area contributed by atoms with Crippen LogP contribution in [0.3, 0.4) is 0 Å². The van der Waals surface area contributed by atoms with Gasteiger partial charge in [0, 0.05) is 6.04 Å². The second kappa shape index (κ2) is 4.55. The van der Waals surface area contributed by atoms with Gasteiger partial charge in [0.25, 0.3) is 0 Å². The van der Waals surface area contributed by atoms with Gasteiger partial charge in [0.1, 0.15) is 0 Å². The number of ether oxygens (including phenoxy) is 1. The van der Waals surface area contributed by atoms with Crippen molar-refractivity contribution in [2.75, 3.05) is 6.54 Å². The van der Waals surface area contributed by atoms with Crippen LogP contribution < -0.4 is 5.32 Å². The Hall–Kier alpha value is -0.0800. The van der Waals surface area contributed by atoms with Gasteiger partial charge in [-0.1, -0.05) is 19.8 Å². The smallest absolute Gasteiger partial charge is 0.0787 e. The highest BCUT2D eigenvalue weighted by atomic mass is 16.5. The van der Waals surface area contributed by atoms with Gasteiger partial charge in [0.05, 0.1) is 11.2 Å². The first-order chi connectivity index (χ1) is 7.80. The maximum absolute atomic E-state index is 6.13. The minimum absolute atomic E-state index is 0.0225. The topological polar surface area (TPSA) is 21.3 Å². The van der Waals surface area contributed by atoms with Crippen LogP contribution in [0.25, 0.3) is 0 Å². The summed E-state index contributed by atoms with van der Waals surface area (Å²) in [6.07, 6.45) is 5.37. The van der Waals surface area contributed by atoms with Gasteiger partial charge in [-0.15, -0.1) is 0 Å². The number of rotatable bonds is 3. The SMILES string of the molecule is CC1CCCC1CNC1CC(C)(C)OC1(C)C. The Labute approximate surface area is 107 Å². The van der Waals surface area contributed by atoms with Crippen molar-refractivity contribution in [2.24, 2.45) is 11.8 Å². The van der Waals surface area contributed by atoms with Crippen molar-refractivity contribution in [3.8, 4) is 0 Å². The molecule has 0 aromatic heterocycles. The summed E-state index contributed by atoms with van der Waals surface area (Å²) in [7, 11) is 0. The van der Waals surface area contributed by atoms with Gasteiger partial charge in [-0.05, 0) is 58.9 Å². The maximum Gasteiger partial charge on any atom is 0.0787 e. The average Bonchev–Trinajstić information content (AvgIpc) is 2.64. The largest absolute Gasteiger partial charge is 0.368 e. The number of hydrogen-bond acceptors (Lipinski definition) is 2. The van der Waals surface area contributed by atoms with Crippen LogP contribution in [0.5, 0.6) is 0 Å². The summed E-state index contributed by atoms with van der Waals surface area (Å²) < 4.78 is 6.13. The van der Waals surface area contributed by atoms with Crippen molar-refractivity contribution >= 4 is 0 Å². The van der Waals surface area contributed by atoms with E-state index in [0.29, 0.717) is 6.04 Å². The summed E-state index contributed by atoms with van der Waals surface area (Å²) in [6.45, 7) is 12.4. The molecule has 2 rings (SSSR count). The monoisotopic (exact) mass is 239 g/mol. The van der Waals surface area contributed by atoms with E-state index >= 15 is 0 Å². The molecule has 1 aliphatic heterocycles. The molecule has 2 aliphatic rings. The summed E-state index contributed by atoms with van der Waals surface area (Å²) >= 11 is 0. The van der Waals surface area contributed by atoms with Gasteiger partial charge >= 0.3 is 0 Å². The molecular weight excluding hydrogens is 210 g/mol. The molecule has 0 aromatic rings. The third-order valence-corrected chi connectivity index (χ3v) is 4.74. The molecule has 1 saturated heterocycles. The molecule has 1 N–H and O–H groups in total. The molecule has 2 heteroatoms. The second-order valence-electron chi connectivity index (χ2n) is 7.30. The van der Waals surface area contributed by atoms with Gasteiger partial charge in [-0.2, -0.15) is 0 Å². The van der Waals surface area contributed by atoms with E-state index in [9.17, 15) is 0 Å². The molecule has 3 atom stereocenters. The van der Waals surface area contributed by atoms with E-state index in [4.69, 9.17) is 4.74 Å². The highest BCUT2D eigenvalue weighted by Crippen LogP contribution is 2.38. The molecule has 0 aromatic carbocycles. The molecule has 2 fully saturated rings. The van der Waals surface area contributed by atoms with E-state index in [-0.39, 0.29) is 11.2 Å². The molecule has 100 valence electrons. The average molecular weight is 239 g/mol. The first-order valence-electron chi connectivity index (χ1n) is 7.24. The molecular formula is C15H29NO. The minimum atomic E-state index is -0.0225. The normalized spacial score (nSPS) is 39.7. The third kappa shape index (κ3) is 3.03. The van der Waals surface area contributed by atoms with Crippen LogP contribution in [0.15, 0.2) is 0 Å². The summed E-state index contributed by atoms with van der Waals surface area (Å²) in [4.78, 5) is 0. The van der Waals surface area contributed by atoms with E-state index in [2.05, 4.69) is 39.9 Å². The van der Waals surface area contributed by atoms with Crippen molar-refractivity contribution in [1.29, 1.82) is 0 Å². The van der Waals surface area contributed by atoms with E-state index in [1.165, 1.54) is 25.8 Å². The van der Waals surface area contributed by atoms with Crippen LogP contribution in [0.4, 0.5) is 0 Å². The predicted octanol–water partition coefficient (Wildman–Crippen LogP) is 3.36. The first kappa shape index (κ1) is 13.4. The molecule has 0 bridgehead atoms. The Kier molecular flexibility index (Phi) is 3.57. The Morgan fingerprint density at radius 3 is 2.35 bits per heavy atom. The maximum atomic E-state index is 6.13. The fourth-order valence-electron chi connectivity index (χ4n) is 3.70. The second-order valence-corrected chi connectivity index (χ2v) is 7.30. The van der Waals surface area contributed by atoms with E-state index in [1.807, 2.05) is 0 Å². The van der Waals surface area contributed by atoms with Crippen molar-refractivity contribution in [3.63, 3.8) is 0 Å². The standard InChI is InChI=1S/C15H29NO/c1-11-7-6-8-12(11)10-16-13-9-14(2,3)17-15(13,4)5/h11-13,16H,6-10H2,1-5H3. The van der Waals surface area contributed by atoms with E-state index in [1.54, 1.807) is 0 Å². The van der Waals surface area contributed by atoms with Crippen molar-refractivity contribution in [2.45, 2.75) is 77.5 Å². The molecule has 1 heterocycles. The van der Waals surface area contributed by atoms with Gasteiger partial charge in [-0.3, -0.25) is 0 Å². The highest BCUT2D eigenvalue weighted by molar-refractivity contribution is 4.99. The Morgan fingerprint density at radius 1 is 1.18 bits per heavy atom. The zero-order valence-electron chi connectivity index (χ0n) is 12.2. The van der Waals surface area contributed by atoms with Crippen LogP contribution in [0, 0.1) is 11.8 Å². The van der Waals surface area contributed by atoms with Gasteiger partial charge < -0.3 is 10.1 Å². The van der Waals surface area contributed by atoms with Gasteiger partial charge in [0.15, 0.2) is 0 Å². The van der Waals surface area contributed by atoms with Crippen molar-refractivity contribution in [1.82, 2.24) is 5.32 Å². The molecule has 1 saturated carbocycles. The number of nitrogens with one attached hydrogen (secondary N) is 1. The Morgan fingerprint density at radius 2 is 1.88 bits per heavy atom. The van der Waals surface area contributed by atoms with Gasteiger partial charge in [-0.25, -0.2) is 0 Å². The fraction of sp³-hybridized carbons (Fsp3) is 1.00. The van der Waals surface area contributed by atoms with E-state index in [0.717, 1.165) is 18.3 Å². The molecule has 2 nitrogen and oxygen atoms in total. The van der Waals surface area contributed by atoms with Crippen LogP contribution in [-0.4, -0.2) is 23.8 Å². The third-order valence-electron chi connectivity index (χ3n) is 4.74. The summed E-state index contributed by atoms with van der Waals surface area (Å²) in [5, 5.41) is 3.77. The lowest BCUT2D eigenvalue weighted by Crippen LogP contribution is -2.45. The van der Waals surface area contributed by atoms with Crippen LogP contribution in [0.1, 0.15) is 60.3 Å². The molecule has 0 radical (unpaired) electrons. The lowest BCUT2D eigenvalue weighted by Gasteiger charge is -2.29. The van der Waals surface area contributed by atoms with Crippen LogP contribution >= 0.6 is 0 Å².